The van der Waals surface area contributed by atoms with E-state index in [2.05, 4.69) is 30.7 Å². The van der Waals surface area contributed by atoms with Crippen LogP contribution >= 0.6 is 23.2 Å². The number of nitrogens with zero attached hydrogens (tertiary/aromatic N) is 4. The van der Waals surface area contributed by atoms with Gasteiger partial charge in [-0.25, -0.2) is 0 Å². The van der Waals surface area contributed by atoms with E-state index in [-0.39, 0.29) is 0 Å². The quantitative estimate of drug-likeness (QED) is 0.811. The summed E-state index contributed by atoms with van der Waals surface area (Å²) in [7, 11) is 0. The van der Waals surface area contributed by atoms with Crippen molar-refractivity contribution in [1.82, 2.24) is 20.1 Å². The number of halogens is 2. The molecule has 0 aliphatic carbocycles. The van der Waals surface area contributed by atoms with Crippen LogP contribution in [0.25, 0.3) is 0 Å². The lowest BCUT2D eigenvalue weighted by Gasteiger charge is -2.26. The fourth-order valence-electron chi connectivity index (χ4n) is 2.33. The van der Waals surface area contributed by atoms with Gasteiger partial charge in [0, 0.05) is 26.2 Å². The van der Waals surface area contributed by atoms with Gasteiger partial charge in [-0.3, -0.25) is 4.90 Å². The van der Waals surface area contributed by atoms with Crippen molar-refractivity contribution in [1.29, 1.82) is 0 Å². The Morgan fingerprint density at radius 3 is 2.67 bits per heavy atom. The van der Waals surface area contributed by atoms with Crippen molar-refractivity contribution < 1.29 is 4.74 Å². The highest BCUT2D eigenvalue weighted by Gasteiger charge is 2.10. The molecule has 1 aliphatic rings. The molecule has 24 heavy (non-hydrogen) atoms. The van der Waals surface area contributed by atoms with E-state index in [1.807, 2.05) is 0 Å². The molecule has 0 unspecified atom stereocenters. The standard InChI is InChI=1S/C15H18Cl2N6O/c16-11-2-1-3-12(17)14(11)20-13-10-19-22-15(21-13)18-4-5-23-6-8-24-9-7-23/h1-3,10H,4-9H2,(H2,18,20,21,22). The Labute approximate surface area is 150 Å². The van der Waals surface area contributed by atoms with Gasteiger partial charge in [0.25, 0.3) is 0 Å². The highest BCUT2D eigenvalue weighted by Crippen LogP contribution is 2.31. The number of hydrogen-bond donors (Lipinski definition) is 2. The first-order valence-corrected chi connectivity index (χ1v) is 8.43. The van der Waals surface area contributed by atoms with E-state index < -0.39 is 0 Å². The second-order valence-corrected chi connectivity index (χ2v) is 6.08. The minimum Gasteiger partial charge on any atom is -0.379 e. The number of benzene rings is 1. The number of para-hydroxylation sites is 1. The molecule has 0 bridgehead atoms. The van der Waals surface area contributed by atoms with Gasteiger partial charge < -0.3 is 15.4 Å². The number of rotatable bonds is 6. The first-order valence-electron chi connectivity index (χ1n) is 7.67. The molecule has 1 aromatic carbocycles. The monoisotopic (exact) mass is 368 g/mol. The van der Waals surface area contributed by atoms with Crippen molar-refractivity contribution in [3.8, 4) is 0 Å². The third kappa shape index (κ3) is 4.67. The maximum absolute atomic E-state index is 6.15. The Morgan fingerprint density at radius 1 is 1.17 bits per heavy atom. The van der Waals surface area contributed by atoms with Gasteiger partial charge >= 0.3 is 0 Å². The fraction of sp³-hybridized carbons (Fsp3) is 0.400. The van der Waals surface area contributed by atoms with E-state index >= 15 is 0 Å². The minimum absolute atomic E-state index is 0.455. The molecule has 0 atom stereocenters. The van der Waals surface area contributed by atoms with Crippen molar-refractivity contribution >= 4 is 40.7 Å². The Morgan fingerprint density at radius 2 is 1.92 bits per heavy atom. The number of hydrogen-bond acceptors (Lipinski definition) is 7. The number of nitrogens with one attached hydrogen (secondary N) is 2. The lowest BCUT2D eigenvalue weighted by Crippen LogP contribution is -2.39. The summed E-state index contributed by atoms with van der Waals surface area (Å²) in [5.74, 6) is 0.977. The van der Waals surface area contributed by atoms with Gasteiger partial charge in [0.1, 0.15) is 0 Å². The van der Waals surface area contributed by atoms with Crippen molar-refractivity contribution in [2.24, 2.45) is 0 Å². The Bertz CT molecular complexity index is 661. The Kier molecular flexibility index (Phi) is 6.03. The number of morpholine rings is 1. The molecule has 9 heteroatoms. The van der Waals surface area contributed by atoms with Crippen molar-refractivity contribution in [3.05, 3.63) is 34.4 Å². The van der Waals surface area contributed by atoms with E-state index in [9.17, 15) is 0 Å². The van der Waals surface area contributed by atoms with Crippen LogP contribution < -0.4 is 10.6 Å². The summed E-state index contributed by atoms with van der Waals surface area (Å²) < 4.78 is 5.33. The second-order valence-electron chi connectivity index (χ2n) is 5.27. The SMILES string of the molecule is Clc1cccc(Cl)c1Nc1cnnc(NCCN2CCOCC2)n1. The Balaban J connectivity index is 1.57. The van der Waals surface area contributed by atoms with Crippen molar-refractivity contribution in [2.75, 3.05) is 50.0 Å². The highest BCUT2D eigenvalue weighted by molar-refractivity contribution is 6.39. The first kappa shape index (κ1) is 17.2. The van der Waals surface area contributed by atoms with Crippen molar-refractivity contribution in [3.63, 3.8) is 0 Å². The molecule has 2 heterocycles. The Hall–Kier alpha value is -1.67. The average Bonchev–Trinajstić information content (AvgIpc) is 2.60. The lowest BCUT2D eigenvalue weighted by atomic mass is 10.3. The van der Waals surface area contributed by atoms with Crippen molar-refractivity contribution in [2.45, 2.75) is 0 Å². The molecular weight excluding hydrogens is 351 g/mol. The molecule has 3 rings (SSSR count). The molecule has 1 fully saturated rings. The average molecular weight is 369 g/mol. The molecular formula is C15H18Cl2N6O. The molecule has 0 radical (unpaired) electrons. The first-order chi connectivity index (χ1) is 11.7. The summed E-state index contributed by atoms with van der Waals surface area (Å²) in [6.45, 7) is 5.12. The normalized spacial score (nSPS) is 15.2. The van der Waals surface area contributed by atoms with Crippen LogP contribution in [0, 0.1) is 0 Å². The van der Waals surface area contributed by atoms with E-state index in [1.165, 1.54) is 6.20 Å². The molecule has 0 amide bonds. The summed E-state index contributed by atoms with van der Waals surface area (Å²) in [5, 5.41) is 15.2. The second kappa shape index (κ2) is 8.43. The summed E-state index contributed by atoms with van der Waals surface area (Å²) >= 11 is 12.3. The van der Waals surface area contributed by atoms with Crippen LogP contribution in [0.5, 0.6) is 0 Å². The molecule has 1 saturated heterocycles. The maximum Gasteiger partial charge on any atom is 0.244 e. The van der Waals surface area contributed by atoms with Crippen LogP contribution in [0.15, 0.2) is 24.4 Å². The van der Waals surface area contributed by atoms with E-state index in [0.29, 0.717) is 27.5 Å². The van der Waals surface area contributed by atoms with Crippen LogP contribution in [0.2, 0.25) is 10.0 Å². The molecule has 1 aliphatic heterocycles. The highest BCUT2D eigenvalue weighted by atomic mass is 35.5. The predicted molar refractivity (Wildman–Crippen MR) is 95.3 cm³/mol. The number of aromatic nitrogens is 3. The van der Waals surface area contributed by atoms with Crippen LogP contribution in [0.1, 0.15) is 0 Å². The summed E-state index contributed by atoms with van der Waals surface area (Å²) in [6, 6.07) is 5.30. The van der Waals surface area contributed by atoms with E-state index in [4.69, 9.17) is 27.9 Å². The van der Waals surface area contributed by atoms with E-state index in [1.54, 1.807) is 18.2 Å². The molecule has 0 saturated carbocycles. The number of ether oxygens (including phenoxy) is 1. The van der Waals surface area contributed by atoms with E-state index in [0.717, 1.165) is 39.4 Å². The van der Waals surface area contributed by atoms with Crippen LogP contribution in [-0.2, 0) is 4.74 Å². The van der Waals surface area contributed by atoms with Gasteiger partial charge in [0.15, 0.2) is 5.82 Å². The summed E-state index contributed by atoms with van der Waals surface area (Å²) in [6.07, 6.45) is 1.52. The minimum atomic E-state index is 0.455. The van der Waals surface area contributed by atoms with Crippen LogP contribution in [-0.4, -0.2) is 59.5 Å². The van der Waals surface area contributed by atoms with Crippen LogP contribution in [0.4, 0.5) is 17.5 Å². The van der Waals surface area contributed by atoms with Gasteiger partial charge in [-0.2, -0.15) is 10.1 Å². The molecule has 7 nitrogen and oxygen atoms in total. The molecule has 0 spiro atoms. The predicted octanol–water partition coefficient (Wildman–Crippen LogP) is 2.67. The van der Waals surface area contributed by atoms with Crippen LogP contribution in [0.3, 0.4) is 0 Å². The zero-order valence-corrected chi connectivity index (χ0v) is 14.5. The largest absolute Gasteiger partial charge is 0.379 e. The molecule has 2 N–H and O–H groups in total. The molecule has 1 aromatic heterocycles. The van der Waals surface area contributed by atoms with Gasteiger partial charge in [0.05, 0.1) is 35.1 Å². The van der Waals surface area contributed by atoms with Gasteiger partial charge in [-0.15, -0.1) is 5.10 Å². The smallest absolute Gasteiger partial charge is 0.244 e. The summed E-state index contributed by atoms with van der Waals surface area (Å²) in [4.78, 5) is 6.71. The zero-order valence-electron chi connectivity index (χ0n) is 13.0. The molecule has 2 aromatic rings. The third-order valence-corrected chi connectivity index (χ3v) is 4.22. The van der Waals surface area contributed by atoms with Gasteiger partial charge in [0.2, 0.25) is 5.95 Å². The fourth-order valence-corrected chi connectivity index (χ4v) is 2.83. The van der Waals surface area contributed by atoms with Gasteiger partial charge in [-0.05, 0) is 12.1 Å². The van der Waals surface area contributed by atoms with Gasteiger partial charge in [-0.1, -0.05) is 29.3 Å². The maximum atomic E-state index is 6.15. The third-order valence-electron chi connectivity index (χ3n) is 3.59. The topological polar surface area (TPSA) is 75.2 Å². The lowest BCUT2D eigenvalue weighted by molar-refractivity contribution is 0.0398. The zero-order chi connectivity index (χ0) is 16.8. The summed E-state index contributed by atoms with van der Waals surface area (Å²) in [5.41, 5.74) is 0.598. The number of anilines is 3. The molecule has 128 valence electrons.